The molecule has 0 spiro atoms. The molecule has 29 heavy (non-hydrogen) atoms. The van der Waals surface area contributed by atoms with E-state index in [-0.39, 0.29) is 12.0 Å². The molecule has 2 aromatic carbocycles. The zero-order valence-corrected chi connectivity index (χ0v) is 17.2. The van der Waals surface area contributed by atoms with Crippen LogP contribution >= 0.6 is 0 Å². The van der Waals surface area contributed by atoms with Crippen LogP contribution in [0.25, 0.3) is 0 Å². The third kappa shape index (κ3) is 5.78. The van der Waals surface area contributed by atoms with Crippen LogP contribution in [0.2, 0.25) is 0 Å². The Labute approximate surface area is 171 Å². The average molecular weight is 390 g/mol. The molecular formula is C23H26N4O2. The third-order valence-corrected chi connectivity index (χ3v) is 4.28. The molecule has 150 valence electrons. The number of anilines is 2. The van der Waals surface area contributed by atoms with Crippen LogP contribution in [0, 0.1) is 13.8 Å². The van der Waals surface area contributed by atoms with Crippen LogP contribution in [0.4, 0.5) is 11.5 Å². The average Bonchev–Trinajstić information content (AvgIpc) is 2.68. The summed E-state index contributed by atoms with van der Waals surface area (Å²) in [5, 5.41) is 6.14. The first-order valence-electron chi connectivity index (χ1n) is 9.63. The van der Waals surface area contributed by atoms with Gasteiger partial charge in [0.25, 0.3) is 5.91 Å². The lowest BCUT2D eigenvalue weighted by Crippen LogP contribution is -2.16. The van der Waals surface area contributed by atoms with E-state index in [1.165, 1.54) is 11.1 Å². The van der Waals surface area contributed by atoms with E-state index in [0.717, 1.165) is 5.75 Å². The second kappa shape index (κ2) is 9.19. The summed E-state index contributed by atoms with van der Waals surface area (Å²) < 4.78 is 5.62. The number of hydrogen-bond acceptors (Lipinski definition) is 5. The number of aryl methyl sites for hydroxylation is 2. The highest BCUT2D eigenvalue weighted by molar-refractivity contribution is 6.03. The molecule has 0 aliphatic heterocycles. The van der Waals surface area contributed by atoms with Gasteiger partial charge >= 0.3 is 0 Å². The second-order valence-electron chi connectivity index (χ2n) is 7.11. The zero-order valence-electron chi connectivity index (χ0n) is 17.2. The van der Waals surface area contributed by atoms with Crippen molar-refractivity contribution >= 4 is 17.4 Å². The molecular weight excluding hydrogens is 364 g/mol. The number of hydrogen-bond donors (Lipinski definition) is 2. The summed E-state index contributed by atoms with van der Waals surface area (Å²) in [4.78, 5) is 21.3. The topological polar surface area (TPSA) is 76.1 Å². The number of aromatic nitrogens is 2. The van der Waals surface area contributed by atoms with Gasteiger partial charge in [-0.3, -0.25) is 4.79 Å². The van der Waals surface area contributed by atoms with Gasteiger partial charge in [-0.1, -0.05) is 24.3 Å². The number of carbonyl (C=O) groups excluding carboxylic acids is 1. The van der Waals surface area contributed by atoms with Gasteiger partial charge in [-0.2, -0.15) is 0 Å². The summed E-state index contributed by atoms with van der Waals surface area (Å²) in [6.45, 7) is 8.41. The van der Waals surface area contributed by atoms with Crippen LogP contribution in [0.15, 0.2) is 54.6 Å². The van der Waals surface area contributed by atoms with Crippen molar-refractivity contribution in [2.45, 2.75) is 40.3 Å². The summed E-state index contributed by atoms with van der Waals surface area (Å²) in [5.41, 5.74) is 3.37. The molecule has 0 aliphatic rings. The van der Waals surface area contributed by atoms with Gasteiger partial charge in [-0.05, 0) is 63.1 Å². The maximum Gasteiger partial charge on any atom is 0.274 e. The molecule has 3 rings (SSSR count). The van der Waals surface area contributed by atoms with E-state index in [0.29, 0.717) is 29.6 Å². The Kier molecular flexibility index (Phi) is 6.44. The first kappa shape index (κ1) is 20.3. The molecule has 6 heteroatoms. The van der Waals surface area contributed by atoms with Gasteiger partial charge < -0.3 is 15.4 Å². The lowest BCUT2D eigenvalue weighted by atomic mass is 10.1. The normalized spacial score (nSPS) is 10.7. The number of ether oxygens (including phenoxy) is 1. The quantitative estimate of drug-likeness (QED) is 0.609. The molecule has 0 aliphatic carbocycles. The van der Waals surface area contributed by atoms with E-state index in [1.807, 2.05) is 38.1 Å². The molecule has 1 amide bonds. The van der Waals surface area contributed by atoms with E-state index in [4.69, 9.17) is 4.74 Å². The van der Waals surface area contributed by atoms with Crippen molar-refractivity contribution in [2.24, 2.45) is 0 Å². The summed E-state index contributed by atoms with van der Waals surface area (Å²) in [6.07, 6.45) is 0.102. The van der Waals surface area contributed by atoms with Gasteiger partial charge in [0.1, 0.15) is 23.1 Å². The predicted molar refractivity (Wildman–Crippen MR) is 115 cm³/mol. The van der Waals surface area contributed by atoms with Crippen LogP contribution in [0.3, 0.4) is 0 Å². The van der Waals surface area contributed by atoms with Crippen LogP contribution in [0.5, 0.6) is 5.75 Å². The Hall–Kier alpha value is -3.41. The van der Waals surface area contributed by atoms with Crippen molar-refractivity contribution in [1.82, 2.24) is 9.97 Å². The van der Waals surface area contributed by atoms with Gasteiger partial charge in [0.15, 0.2) is 0 Å². The maximum atomic E-state index is 12.6. The third-order valence-electron chi connectivity index (χ3n) is 4.28. The van der Waals surface area contributed by atoms with Crippen molar-refractivity contribution in [3.63, 3.8) is 0 Å². The fourth-order valence-electron chi connectivity index (χ4n) is 2.85. The van der Waals surface area contributed by atoms with Crippen LogP contribution in [-0.4, -0.2) is 22.0 Å². The molecule has 0 fully saturated rings. The van der Waals surface area contributed by atoms with Crippen molar-refractivity contribution < 1.29 is 9.53 Å². The minimum Gasteiger partial charge on any atom is -0.491 e. The molecule has 0 saturated carbocycles. The molecule has 2 N–H and O–H groups in total. The number of benzene rings is 2. The molecule has 0 atom stereocenters. The van der Waals surface area contributed by atoms with E-state index >= 15 is 0 Å². The van der Waals surface area contributed by atoms with E-state index in [9.17, 15) is 4.79 Å². The Balaban J connectivity index is 1.68. The lowest BCUT2D eigenvalue weighted by Gasteiger charge is -2.12. The Bertz CT molecular complexity index is 984. The predicted octanol–water partition coefficient (Wildman–Crippen LogP) is 4.75. The SMILES string of the molecule is Cc1nc(NCc2ccccc2C)cc(C(=O)Nc2ccc(OC(C)C)cc2)n1. The van der Waals surface area contributed by atoms with E-state index < -0.39 is 0 Å². The zero-order chi connectivity index (χ0) is 20.8. The number of nitrogens with zero attached hydrogens (tertiary/aromatic N) is 2. The number of amides is 1. The molecule has 3 aromatic rings. The molecule has 1 aromatic heterocycles. The highest BCUT2D eigenvalue weighted by atomic mass is 16.5. The van der Waals surface area contributed by atoms with Gasteiger partial charge in [0, 0.05) is 18.3 Å². The van der Waals surface area contributed by atoms with Gasteiger partial charge in [0.05, 0.1) is 6.10 Å². The Morgan fingerprint density at radius 1 is 1.03 bits per heavy atom. The van der Waals surface area contributed by atoms with E-state index in [2.05, 4.69) is 39.7 Å². The number of carbonyl (C=O) groups is 1. The second-order valence-corrected chi connectivity index (χ2v) is 7.11. The van der Waals surface area contributed by atoms with Crippen molar-refractivity contribution in [1.29, 1.82) is 0 Å². The summed E-state index contributed by atoms with van der Waals surface area (Å²) >= 11 is 0. The van der Waals surface area contributed by atoms with Gasteiger partial charge in [-0.25, -0.2) is 9.97 Å². The summed E-state index contributed by atoms with van der Waals surface area (Å²) in [7, 11) is 0. The maximum absolute atomic E-state index is 12.6. The van der Waals surface area contributed by atoms with Gasteiger partial charge in [0.2, 0.25) is 0 Å². The summed E-state index contributed by atoms with van der Waals surface area (Å²) in [5.74, 6) is 1.63. The Morgan fingerprint density at radius 3 is 2.45 bits per heavy atom. The van der Waals surface area contributed by atoms with Gasteiger partial charge in [-0.15, -0.1) is 0 Å². The minimum atomic E-state index is -0.285. The molecule has 0 bridgehead atoms. The fraction of sp³-hybridized carbons (Fsp3) is 0.261. The highest BCUT2D eigenvalue weighted by Gasteiger charge is 2.11. The number of nitrogens with one attached hydrogen (secondary N) is 2. The lowest BCUT2D eigenvalue weighted by molar-refractivity contribution is 0.102. The first-order chi connectivity index (χ1) is 13.9. The Morgan fingerprint density at radius 2 is 1.76 bits per heavy atom. The molecule has 6 nitrogen and oxygen atoms in total. The summed E-state index contributed by atoms with van der Waals surface area (Å²) in [6, 6.07) is 17.1. The fourth-order valence-corrected chi connectivity index (χ4v) is 2.85. The highest BCUT2D eigenvalue weighted by Crippen LogP contribution is 2.18. The van der Waals surface area contributed by atoms with E-state index in [1.54, 1.807) is 25.1 Å². The molecule has 0 radical (unpaired) electrons. The van der Waals surface area contributed by atoms with Crippen LogP contribution < -0.4 is 15.4 Å². The monoisotopic (exact) mass is 390 g/mol. The smallest absolute Gasteiger partial charge is 0.274 e. The minimum absolute atomic E-state index is 0.102. The molecule has 1 heterocycles. The molecule has 0 unspecified atom stereocenters. The first-order valence-corrected chi connectivity index (χ1v) is 9.63. The van der Waals surface area contributed by atoms with Crippen molar-refractivity contribution in [3.05, 3.63) is 77.2 Å². The van der Waals surface area contributed by atoms with Crippen molar-refractivity contribution in [3.8, 4) is 5.75 Å². The van der Waals surface area contributed by atoms with Crippen LogP contribution in [0.1, 0.15) is 41.3 Å². The standard InChI is InChI=1S/C23H26N4O2/c1-15(2)29-20-11-9-19(10-12-20)27-23(28)21-13-22(26-17(4)25-21)24-14-18-8-6-5-7-16(18)3/h5-13,15H,14H2,1-4H3,(H,27,28)(H,24,25,26). The van der Waals surface area contributed by atoms with Crippen molar-refractivity contribution in [2.75, 3.05) is 10.6 Å². The largest absolute Gasteiger partial charge is 0.491 e. The number of rotatable bonds is 7. The molecule has 0 saturated heterocycles. The van der Waals surface area contributed by atoms with Crippen LogP contribution in [-0.2, 0) is 6.54 Å².